The molecule has 362 valence electrons. The molecule has 4 aliphatic rings. The molecule has 4 amide bonds. The van der Waals surface area contributed by atoms with E-state index in [9.17, 15) is 24.3 Å². The third-order valence-electron chi connectivity index (χ3n) is 15.1. The summed E-state index contributed by atoms with van der Waals surface area (Å²) in [5.74, 6) is 0.840. The number of likely N-dealkylation sites (tertiary alicyclic amines) is 2. The molecule has 6 heterocycles. The third kappa shape index (κ3) is 8.93. The SMILES string of the molecule is COC(=O)N[C@H](C(=O)N1CCC[C@H]1c1nc2ccc([C@H]3CC[C@H](c4ccc5nc([C@@H]6CCCN6C(=O)[C@H](C(C)C)N(C)C(=O)O)[nH]c5c4)N3c3ccc(N4CCCCC4)c(C)c3)cc2[nH]1)C(C)C. The number of nitrogens with one attached hydrogen (secondary N) is 3. The molecule has 9 rings (SSSR count). The summed E-state index contributed by atoms with van der Waals surface area (Å²) >= 11 is 0. The normalized spacial score (nSPS) is 21.9. The Morgan fingerprint density at radius 2 is 1.26 bits per heavy atom. The first-order valence-corrected chi connectivity index (χ1v) is 24.8. The van der Waals surface area contributed by atoms with E-state index >= 15 is 0 Å². The van der Waals surface area contributed by atoms with Crippen molar-refractivity contribution in [3.8, 4) is 0 Å². The number of alkyl carbamates (subject to hydrolysis) is 1. The quantitative estimate of drug-likeness (QED) is 0.0941. The molecule has 16 heteroatoms. The first kappa shape index (κ1) is 46.8. The highest BCUT2D eigenvalue weighted by Crippen LogP contribution is 2.49. The van der Waals surface area contributed by atoms with E-state index in [0.29, 0.717) is 13.1 Å². The minimum Gasteiger partial charge on any atom is -0.465 e. The van der Waals surface area contributed by atoms with Crippen LogP contribution in [0.1, 0.15) is 138 Å². The van der Waals surface area contributed by atoms with Gasteiger partial charge in [0.1, 0.15) is 23.7 Å². The van der Waals surface area contributed by atoms with E-state index in [1.165, 1.54) is 55.8 Å². The Morgan fingerprint density at radius 1 is 0.706 bits per heavy atom. The van der Waals surface area contributed by atoms with Gasteiger partial charge in [0, 0.05) is 44.6 Å². The van der Waals surface area contributed by atoms with Gasteiger partial charge in [0.25, 0.3) is 0 Å². The average Bonchev–Trinajstić information content (AvgIpc) is 4.19. The number of aryl methyl sites for hydroxylation is 1. The number of carbonyl (C=O) groups is 4. The number of hydrogen-bond donors (Lipinski definition) is 4. The highest BCUT2D eigenvalue weighted by atomic mass is 16.5. The van der Waals surface area contributed by atoms with Crippen LogP contribution in [0.25, 0.3) is 22.1 Å². The van der Waals surface area contributed by atoms with Crippen molar-refractivity contribution in [1.82, 2.24) is 40.0 Å². The van der Waals surface area contributed by atoms with E-state index in [4.69, 9.17) is 14.7 Å². The molecule has 4 aliphatic heterocycles. The number of anilines is 2. The molecule has 4 fully saturated rings. The van der Waals surface area contributed by atoms with Gasteiger partial charge < -0.3 is 44.7 Å². The lowest BCUT2D eigenvalue weighted by molar-refractivity contribution is -0.138. The zero-order valence-electron chi connectivity index (χ0n) is 40.6. The number of carboxylic acid groups (broad SMARTS) is 1. The van der Waals surface area contributed by atoms with Gasteiger partial charge in [-0.2, -0.15) is 0 Å². The number of nitrogens with zero attached hydrogens (tertiary/aromatic N) is 7. The van der Waals surface area contributed by atoms with Gasteiger partial charge in [0.05, 0.1) is 53.3 Å². The molecule has 0 saturated carbocycles. The Hall–Kier alpha value is -6.32. The number of ether oxygens (including phenoxy) is 1. The fraction of sp³-hybridized carbons (Fsp3) is 0.538. The third-order valence-corrected chi connectivity index (χ3v) is 15.1. The summed E-state index contributed by atoms with van der Waals surface area (Å²) in [5.41, 5.74) is 9.58. The summed E-state index contributed by atoms with van der Waals surface area (Å²) in [6.45, 7) is 13.1. The van der Waals surface area contributed by atoms with Gasteiger partial charge in [-0.15, -0.1) is 0 Å². The number of aromatic amines is 2. The van der Waals surface area contributed by atoms with Crippen LogP contribution in [0.15, 0.2) is 54.6 Å². The predicted octanol–water partition coefficient (Wildman–Crippen LogP) is 9.16. The Kier molecular flexibility index (Phi) is 13.3. The molecule has 0 spiro atoms. The number of likely N-dealkylation sites (N-methyl/N-ethyl adjacent to an activating group) is 1. The van der Waals surface area contributed by atoms with E-state index < -0.39 is 24.3 Å². The number of carbonyl (C=O) groups excluding carboxylic acids is 3. The van der Waals surface area contributed by atoms with Crippen LogP contribution in [0.2, 0.25) is 0 Å². The van der Waals surface area contributed by atoms with Crippen LogP contribution in [0.4, 0.5) is 21.0 Å². The summed E-state index contributed by atoms with van der Waals surface area (Å²) in [7, 11) is 2.78. The second-order valence-corrected chi connectivity index (χ2v) is 20.2. The van der Waals surface area contributed by atoms with Crippen LogP contribution >= 0.6 is 0 Å². The van der Waals surface area contributed by atoms with Gasteiger partial charge in [0.15, 0.2) is 0 Å². The van der Waals surface area contributed by atoms with Crippen molar-refractivity contribution in [2.24, 2.45) is 11.8 Å². The van der Waals surface area contributed by atoms with Gasteiger partial charge in [-0.1, -0.05) is 39.8 Å². The number of rotatable bonds is 12. The second-order valence-electron chi connectivity index (χ2n) is 20.2. The summed E-state index contributed by atoms with van der Waals surface area (Å²) in [5, 5.41) is 12.5. The highest BCUT2D eigenvalue weighted by molar-refractivity contribution is 5.87. The fourth-order valence-electron chi connectivity index (χ4n) is 11.6. The first-order valence-electron chi connectivity index (χ1n) is 24.8. The molecule has 16 nitrogen and oxygen atoms in total. The van der Waals surface area contributed by atoms with Crippen LogP contribution < -0.4 is 15.1 Å². The summed E-state index contributed by atoms with van der Waals surface area (Å²) in [6.07, 6.45) is 6.97. The average molecular weight is 929 g/mol. The highest BCUT2D eigenvalue weighted by Gasteiger charge is 2.41. The van der Waals surface area contributed by atoms with Crippen molar-refractivity contribution in [3.05, 3.63) is 82.9 Å². The van der Waals surface area contributed by atoms with Crippen LogP contribution in [-0.4, -0.2) is 116 Å². The Labute approximate surface area is 398 Å². The molecule has 0 bridgehead atoms. The van der Waals surface area contributed by atoms with Crippen LogP contribution in [0, 0.1) is 18.8 Å². The van der Waals surface area contributed by atoms with E-state index in [1.54, 1.807) is 0 Å². The van der Waals surface area contributed by atoms with E-state index in [-0.39, 0.29) is 47.8 Å². The number of aromatic nitrogens is 4. The fourth-order valence-corrected chi connectivity index (χ4v) is 11.6. The van der Waals surface area contributed by atoms with Gasteiger partial charge in [-0.05, 0) is 136 Å². The van der Waals surface area contributed by atoms with E-state index in [1.807, 2.05) is 37.5 Å². The molecule has 0 aliphatic carbocycles. The monoisotopic (exact) mass is 929 g/mol. The summed E-state index contributed by atoms with van der Waals surface area (Å²) in [6, 6.07) is 18.1. The van der Waals surface area contributed by atoms with Gasteiger partial charge in [-0.25, -0.2) is 19.6 Å². The Balaban J connectivity index is 1.03. The van der Waals surface area contributed by atoms with Crippen LogP contribution in [-0.2, 0) is 14.3 Å². The zero-order chi connectivity index (χ0) is 48.0. The largest absolute Gasteiger partial charge is 0.465 e. The number of benzene rings is 3. The zero-order valence-corrected chi connectivity index (χ0v) is 40.6. The number of methoxy groups -OCH3 is 1. The molecule has 5 aromatic rings. The number of H-pyrrole nitrogens is 2. The lowest BCUT2D eigenvalue weighted by atomic mass is 10.0. The van der Waals surface area contributed by atoms with Crippen molar-refractivity contribution in [2.45, 2.75) is 129 Å². The van der Waals surface area contributed by atoms with Crippen molar-refractivity contribution >= 4 is 57.4 Å². The molecule has 0 unspecified atom stereocenters. The molecular formula is C52H68N10O6. The van der Waals surface area contributed by atoms with Crippen molar-refractivity contribution in [2.75, 3.05) is 50.1 Å². The smallest absolute Gasteiger partial charge is 0.407 e. The molecule has 3 aromatic carbocycles. The lowest BCUT2D eigenvalue weighted by Gasteiger charge is -2.35. The number of amides is 4. The molecule has 4 N–H and O–H groups in total. The molecule has 2 aromatic heterocycles. The van der Waals surface area contributed by atoms with E-state index in [0.717, 1.165) is 95.9 Å². The first-order chi connectivity index (χ1) is 32.7. The second kappa shape index (κ2) is 19.4. The molecular weight excluding hydrogens is 861 g/mol. The molecule has 0 radical (unpaired) electrons. The molecule has 6 atom stereocenters. The molecule has 4 saturated heterocycles. The number of imidazole rings is 2. The minimum atomic E-state index is -1.12. The maximum Gasteiger partial charge on any atom is 0.407 e. The lowest BCUT2D eigenvalue weighted by Crippen LogP contribution is -2.51. The van der Waals surface area contributed by atoms with Gasteiger partial charge in [0.2, 0.25) is 11.8 Å². The topological polar surface area (TPSA) is 183 Å². The van der Waals surface area contributed by atoms with Crippen molar-refractivity contribution in [1.29, 1.82) is 0 Å². The van der Waals surface area contributed by atoms with Crippen molar-refractivity contribution < 1.29 is 29.0 Å². The summed E-state index contributed by atoms with van der Waals surface area (Å²) < 4.78 is 4.85. The van der Waals surface area contributed by atoms with Gasteiger partial charge in [-0.3, -0.25) is 14.5 Å². The van der Waals surface area contributed by atoms with E-state index in [2.05, 4.69) is 86.6 Å². The number of fused-ring (bicyclic) bond motifs is 2. The van der Waals surface area contributed by atoms with Crippen molar-refractivity contribution in [3.63, 3.8) is 0 Å². The standard InChI is InChI=1S/C52H68N10O6/c1-30(2)45(57-51(65)68-7)49(63)60-25-11-13-43(60)47-53-36-18-15-33(28-38(36)55-47)41-21-22-42(62(41)35-17-20-40(32(5)27-35)59-23-9-8-10-24-59)34-16-19-37-39(29-34)56-48(54-37)44-14-12-26-61(44)50(64)46(31(3)4)58(6)52(66)67/h15-20,27-31,41-46H,8-14,21-26H2,1-7H3,(H,53,55)(H,54,56)(H,57,65)(H,66,67)/t41-,42-,43+,44+,45+,46+/m1/s1. The predicted molar refractivity (Wildman–Crippen MR) is 263 cm³/mol. The maximum atomic E-state index is 14.0. The summed E-state index contributed by atoms with van der Waals surface area (Å²) in [4.78, 5) is 79.4. The number of piperidine rings is 1. The Morgan fingerprint density at radius 3 is 1.76 bits per heavy atom. The Bertz CT molecular complexity index is 2670. The maximum absolute atomic E-state index is 14.0. The van der Waals surface area contributed by atoms with Crippen LogP contribution in [0.5, 0.6) is 0 Å². The molecule has 68 heavy (non-hydrogen) atoms. The number of hydrogen-bond acceptors (Lipinski definition) is 9. The minimum absolute atomic E-state index is 0.0536. The van der Waals surface area contributed by atoms with Gasteiger partial charge >= 0.3 is 12.2 Å². The van der Waals surface area contributed by atoms with Crippen LogP contribution in [0.3, 0.4) is 0 Å².